The van der Waals surface area contributed by atoms with E-state index in [-0.39, 0.29) is 17.4 Å². The zero-order valence-corrected chi connectivity index (χ0v) is 13.0. The Hall–Kier alpha value is -1.86. The first-order valence-corrected chi connectivity index (χ1v) is 7.02. The molecule has 0 atom stereocenters. The lowest BCUT2D eigenvalue weighted by Crippen LogP contribution is -2.26. The van der Waals surface area contributed by atoms with Crippen molar-refractivity contribution in [1.82, 2.24) is 19.6 Å². The van der Waals surface area contributed by atoms with Gasteiger partial charge in [-0.3, -0.25) is 9.48 Å². The third kappa shape index (κ3) is 3.83. The second-order valence-electron chi connectivity index (χ2n) is 4.64. The summed E-state index contributed by atoms with van der Waals surface area (Å²) in [4.78, 5) is 12.3. The van der Waals surface area contributed by atoms with Crippen LogP contribution < -0.4 is 10.9 Å². The molecule has 2 heterocycles. The number of halogens is 1. The molecule has 0 unspecified atom stereocenters. The van der Waals surface area contributed by atoms with Gasteiger partial charge in [0, 0.05) is 31.5 Å². The molecule has 21 heavy (non-hydrogen) atoms. The summed E-state index contributed by atoms with van der Waals surface area (Å²) < 4.78 is 8.23. The van der Waals surface area contributed by atoms with Gasteiger partial charge in [-0.05, 0) is 13.3 Å². The Bertz CT molecular complexity index is 660. The number of nitrogens with zero attached hydrogens (tertiary/aromatic N) is 4. The summed E-state index contributed by atoms with van der Waals surface area (Å²) in [5.41, 5.74) is 0.983. The van der Waals surface area contributed by atoms with E-state index in [2.05, 4.69) is 15.5 Å². The van der Waals surface area contributed by atoms with E-state index >= 15 is 0 Å². The average Bonchev–Trinajstić information content (AvgIpc) is 2.74. The Morgan fingerprint density at radius 3 is 2.76 bits per heavy atom. The minimum absolute atomic E-state index is 0.0726. The van der Waals surface area contributed by atoms with Crippen LogP contribution in [0.5, 0.6) is 0 Å². The Morgan fingerprint density at radius 2 is 2.14 bits per heavy atom. The highest BCUT2D eigenvalue weighted by molar-refractivity contribution is 6.29. The molecule has 7 nitrogen and oxygen atoms in total. The van der Waals surface area contributed by atoms with Gasteiger partial charge in [0.1, 0.15) is 12.4 Å². The summed E-state index contributed by atoms with van der Waals surface area (Å²) in [5, 5.41) is 11.4. The number of ether oxygens (including phenoxy) is 1. The number of aromatic nitrogens is 4. The lowest BCUT2D eigenvalue weighted by molar-refractivity contribution is 0.0661. The monoisotopic (exact) mass is 311 g/mol. The van der Waals surface area contributed by atoms with Gasteiger partial charge < -0.3 is 10.1 Å². The fourth-order valence-corrected chi connectivity index (χ4v) is 1.94. The van der Waals surface area contributed by atoms with Crippen LogP contribution in [0, 0.1) is 6.92 Å². The molecule has 0 radical (unpaired) electrons. The summed E-state index contributed by atoms with van der Waals surface area (Å²) in [6, 6.07) is 3.32. The topological polar surface area (TPSA) is 74.0 Å². The first-order valence-electron chi connectivity index (χ1n) is 6.64. The van der Waals surface area contributed by atoms with Crippen molar-refractivity contribution in [2.24, 2.45) is 7.05 Å². The highest BCUT2D eigenvalue weighted by Gasteiger charge is 2.10. The standard InChI is InChI=1S/C13H18ClN5O2/c1-4-5-21-8-19-13(20)10(7-11(14)16-19)15-12-6-9(2)18(3)17-12/h6-7H,4-5,8H2,1-3H3,(H,15,17). The van der Waals surface area contributed by atoms with Gasteiger partial charge in [-0.2, -0.15) is 10.2 Å². The highest BCUT2D eigenvalue weighted by Crippen LogP contribution is 2.15. The SMILES string of the molecule is CCCOCn1nc(Cl)cc(Nc2cc(C)n(C)n2)c1=O. The molecule has 8 heteroatoms. The van der Waals surface area contributed by atoms with Crippen molar-refractivity contribution < 1.29 is 4.74 Å². The minimum Gasteiger partial charge on any atom is -0.359 e. The zero-order chi connectivity index (χ0) is 15.4. The minimum atomic E-state index is -0.307. The molecule has 0 saturated carbocycles. The molecule has 0 aromatic carbocycles. The molecule has 0 aliphatic heterocycles. The molecule has 2 rings (SSSR count). The maximum Gasteiger partial charge on any atom is 0.292 e. The summed E-state index contributed by atoms with van der Waals surface area (Å²) in [7, 11) is 1.83. The van der Waals surface area contributed by atoms with Crippen LogP contribution in [-0.4, -0.2) is 26.2 Å². The van der Waals surface area contributed by atoms with E-state index in [0.717, 1.165) is 12.1 Å². The normalized spacial score (nSPS) is 10.9. The van der Waals surface area contributed by atoms with Gasteiger partial charge in [0.25, 0.3) is 5.56 Å². The number of rotatable bonds is 6. The zero-order valence-electron chi connectivity index (χ0n) is 12.3. The van der Waals surface area contributed by atoms with Gasteiger partial charge in [-0.1, -0.05) is 18.5 Å². The van der Waals surface area contributed by atoms with Crippen molar-refractivity contribution in [3.63, 3.8) is 0 Å². The van der Waals surface area contributed by atoms with E-state index in [1.807, 2.05) is 27.0 Å². The lowest BCUT2D eigenvalue weighted by Gasteiger charge is -2.08. The fraction of sp³-hybridized carbons (Fsp3) is 0.462. The van der Waals surface area contributed by atoms with Crippen LogP contribution in [0.1, 0.15) is 19.0 Å². The fourth-order valence-electron chi connectivity index (χ4n) is 1.74. The smallest absolute Gasteiger partial charge is 0.292 e. The quantitative estimate of drug-likeness (QED) is 0.827. The average molecular weight is 312 g/mol. The maximum atomic E-state index is 12.3. The van der Waals surface area contributed by atoms with Crippen LogP contribution in [-0.2, 0) is 18.5 Å². The molecule has 0 fully saturated rings. The van der Waals surface area contributed by atoms with Gasteiger partial charge in [-0.15, -0.1) is 0 Å². The summed E-state index contributed by atoms with van der Waals surface area (Å²) >= 11 is 5.95. The molecule has 2 aromatic rings. The predicted molar refractivity (Wildman–Crippen MR) is 81.0 cm³/mol. The van der Waals surface area contributed by atoms with Crippen molar-refractivity contribution in [1.29, 1.82) is 0 Å². The van der Waals surface area contributed by atoms with Crippen LogP contribution in [0.25, 0.3) is 0 Å². The molecule has 114 valence electrons. The summed E-state index contributed by atoms with van der Waals surface area (Å²) in [6.07, 6.45) is 0.869. The Balaban J connectivity index is 2.24. The van der Waals surface area contributed by atoms with E-state index in [0.29, 0.717) is 18.1 Å². The largest absolute Gasteiger partial charge is 0.359 e. The second kappa shape index (κ2) is 6.73. The first kappa shape index (κ1) is 15.5. The predicted octanol–water partition coefficient (Wildman–Crippen LogP) is 2.07. The first-order chi connectivity index (χ1) is 10.0. The number of aryl methyl sites for hydroxylation is 2. The number of anilines is 2. The third-order valence-corrected chi connectivity index (χ3v) is 3.07. The van der Waals surface area contributed by atoms with E-state index in [1.54, 1.807) is 4.68 Å². The van der Waals surface area contributed by atoms with Gasteiger partial charge in [0.2, 0.25) is 0 Å². The second-order valence-corrected chi connectivity index (χ2v) is 5.03. The van der Waals surface area contributed by atoms with E-state index < -0.39 is 0 Å². The van der Waals surface area contributed by atoms with Gasteiger partial charge in [0.05, 0.1) is 0 Å². The van der Waals surface area contributed by atoms with Crippen LogP contribution in [0.3, 0.4) is 0 Å². The van der Waals surface area contributed by atoms with Crippen molar-refractivity contribution in [3.8, 4) is 0 Å². The molecule has 1 N–H and O–H groups in total. The molecule has 0 amide bonds. The molecular weight excluding hydrogens is 294 g/mol. The number of nitrogens with one attached hydrogen (secondary N) is 1. The number of hydrogen-bond donors (Lipinski definition) is 1. The molecule has 0 aliphatic rings. The van der Waals surface area contributed by atoms with Gasteiger partial charge >= 0.3 is 0 Å². The van der Waals surface area contributed by atoms with E-state index in [1.165, 1.54) is 10.7 Å². The van der Waals surface area contributed by atoms with Crippen LogP contribution >= 0.6 is 11.6 Å². The van der Waals surface area contributed by atoms with E-state index in [9.17, 15) is 4.79 Å². The van der Waals surface area contributed by atoms with Crippen molar-refractivity contribution in [2.75, 3.05) is 11.9 Å². The van der Waals surface area contributed by atoms with E-state index in [4.69, 9.17) is 16.3 Å². The molecule has 0 bridgehead atoms. The lowest BCUT2D eigenvalue weighted by atomic mass is 10.4. The number of hydrogen-bond acceptors (Lipinski definition) is 5. The molecule has 0 spiro atoms. The Kier molecular flexibility index (Phi) is 4.98. The molecular formula is C13H18ClN5O2. The van der Waals surface area contributed by atoms with Crippen molar-refractivity contribution in [3.05, 3.63) is 33.3 Å². The van der Waals surface area contributed by atoms with Crippen LogP contribution in [0.15, 0.2) is 16.9 Å². The summed E-state index contributed by atoms with van der Waals surface area (Å²) in [5.74, 6) is 0.579. The maximum absolute atomic E-state index is 12.3. The Labute approximate surface area is 127 Å². The molecule has 0 aliphatic carbocycles. The van der Waals surface area contributed by atoms with Gasteiger partial charge in [0.15, 0.2) is 11.0 Å². The van der Waals surface area contributed by atoms with Crippen LogP contribution in [0.2, 0.25) is 5.15 Å². The van der Waals surface area contributed by atoms with Crippen LogP contribution in [0.4, 0.5) is 11.5 Å². The third-order valence-electron chi connectivity index (χ3n) is 2.88. The molecule has 0 saturated heterocycles. The van der Waals surface area contributed by atoms with Crippen molar-refractivity contribution >= 4 is 23.1 Å². The summed E-state index contributed by atoms with van der Waals surface area (Å²) in [6.45, 7) is 4.55. The van der Waals surface area contributed by atoms with Gasteiger partial charge in [-0.25, -0.2) is 4.68 Å². The Morgan fingerprint density at radius 1 is 1.38 bits per heavy atom. The molecule has 2 aromatic heterocycles. The van der Waals surface area contributed by atoms with Crippen molar-refractivity contribution in [2.45, 2.75) is 27.0 Å². The highest BCUT2D eigenvalue weighted by atomic mass is 35.5.